The van der Waals surface area contributed by atoms with E-state index in [0.717, 1.165) is 10.5 Å². The predicted molar refractivity (Wildman–Crippen MR) is 98.4 cm³/mol. The van der Waals surface area contributed by atoms with Crippen molar-refractivity contribution in [1.82, 2.24) is 10.2 Å². The van der Waals surface area contributed by atoms with Gasteiger partial charge in [0, 0.05) is 5.69 Å². The van der Waals surface area contributed by atoms with E-state index in [1.54, 1.807) is 6.92 Å². The quantitative estimate of drug-likeness (QED) is 0.769. The molecule has 0 bridgehead atoms. The molecule has 0 aliphatic carbocycles. The maximum Gasteiger partial charge on any atom is 0.325 e. The minimum absolute atomic E-state index is 0.389. The number of aryl methyl sites for hydroxylation is 1. The highest BCUT2D eigenvalue weighted by molar-refractivity contribution is 6.09. The largest absolute Gasteiger partial charge is 0.325 e. The van der Waals surface area contributed by atoms with Gasteiger partial charge in [-0.15, -0.1) is 0 Å². The molecule has 1 aliphatic heterocycles. The van der Waals surface area contributed by atoms with Gasteiger partial charge in [0.1, 0.15) is 17.9 Å². The Bertz CT molecular complexity index is 855. The van der Waals surface area contributed by atoms with Gasteiger partial charge in [-0.2, -0.15) is 0 Å². The SMILES string of the molecule is C[C@]1(CCc2ccccc2)NC(=O)N(CC(=O)Nc2ccc(F)cc2)C1=O. The lowest BCUT2D eigenvalue weighted by atomic mass is 9.93. The zero-order valence-corrected chi connectivity index (χ0v) is 14.9. The molecule has 6 nitrogen and oxygen atoms in total. The fraction of sp³-hybridized carbons (Fsp3) is 0.250. The summed E-state index contributed by atoms with van der Waals surface area (Å²) in [6, 6.07) is 14.3. The van der Waals surface area contributed by atoms with Crippen LogP contribution >= 0.6 is 0 Å². The lowest BCUT2D eigenvalue weighted by molar-refractivity contribution is -0.133. The van der Waals surface area contributed by atoms with Crippen LogP contribution in [0.2, 0.25) is 0 Å². The first-order valence-corrected chi connectivity index (χ1v) is 8.61. The molecule has 0 unspecified atom stereocenters. The molecule has 0 spiro atoms. The summed E-state index contributed by atoms with van der Waals surface area (Å²) in [5, 5.41) is 5.23. The maximum absolute atomic E-state index is 12.9. The maximum atomic E-state index is 12.9. The van der Waals surface area contributed by atoms with Crippen LogP contribution < -0.4 is 10.6 Å². The number of nitrogens with zero attached hydrogens (tertiary/aromatic N) is 1. The van der Waals surface area contributed by atoms with Gasteiger partial charge in [-0.1, -0.05) is 30.3 Å². The highest BCUT2D eigenvalue weighted by Crippen LogP contribution is 2.23. The van der Waals surface area contributed by atoms with E-state index < -0.39 is 35.7 Å². The zero-order chi connectivity index (χ0) is 19.4. The standard InChI is InChI=1S/C20H20FN3O3/c1-20(12-11-14-5-3-2-4-6-14)18(26)24(19(27)23-20)13-17(25)22-16-9-7-15(21)8-10-16/h2-10H,11-13H2,1H3,(H,22,25)(H,23,27)/t20-/m1/s1. The summed E-state index contributed by atoms with van der Waals surface area (Å²) in [6.45, 7) is 1.26. The van der Waals surface area contributed by atoms with E-state index in [-0.39, 0.29) is 0 Å². The van der Waals surface area contributed by atoms with Crippen LogP contribution in [0.25, 0.3) is 0 Å². The van der Waals surface area contributed by atoms with E-state index in [0.29, 0.717) is 18.5 Å². The zero-order valence-electron chi connectivity index (χ0n) is 14.9. The Kier molecular flexibility index (Phi) is 5.21. The normalized spacial score (nSPS) is 19.1. The number of anilines is 1. The summed E-state index contributed by atoms with van der Waals surface area (Å²) in [5.74, 6) is -1.38. The lowest BCUT2D eigenvalue weighted by Crippen LogP contribution is -2.45. The van der Waals surface area contributed by atoms with E-state index in [1.807, 2.05) is 30.3 Å². The summed E-state index contributed by atoms with van der Waals surface area (Å²) >= 11 is 0. The molecule has 2 aromatic rings. The van der Waals surface area contributed by atoms with Crippen molar-refractivity contribution in [2.24, 2.45) is 0 Å². The highest BCUT2D eigenvalue weighted by Gasteiger charge is 2.47. The van der Waals surface area contributed by atoms with Crippen LogP contribution in [0, 0.1) is 5.82 Å². The molecule has 2 N–H and O–H groups in total. The van der Waals surface area contributed by atoms with Gasteiger partial charge < -0.3 is 10.6 Å². The Morgan fingerprint density at radius 1 is 1.11 bits per heavy atom. The van der Waals surface area contributed by atoms with E-state index in [4.69, 9.17) is 0 Å². The number of rotatable bonds is 6. The second-order valence-electron chi connectivity index (χ2n) is 6.69. The molecule has 7 heteroatoms. The number of imide groups is 1. The average Bonchev–Trinajstić information content (AvgIpc) is 2.86. The first kappa shape index (κ1) is 18.6. The van der Waals surface area contributed by atoms with Gasteiger partial charge in [0.25, 0.3) is 5.91 Å². The van der Waals surface area contributed by atoms with Crippen molar-refractivity contribution < 1.29 is 18.8 Å². The number of hydrogen-bond acceptors (Lipinski definition) is 3. The predicted octanol–water partition coefficient (Wildman–Crippen LogP) is 2.71. The molecule has 1 heterocycles. The fourth-order valence-corrected chi connectivity index (χ4v) is 2.98. The van der Waals surface area contributed by atoms with Crippen LogP contribution in [0.5, 0.6) is 0 Å². The molecule has 4 amide bonds. The molecule has 2 aromatic carbocycles. The molecule has 0 aromatic heterocycles. The lowest BCUT2D eigenvalue weighted by Gasteiger charge is -2.21. The molecule has 0 saturated carbocycles. The number of urea groups is 1. The summed E-state index contributed by atoms with van der Waals surface area (Å²) in [6.07, 6.45) is 1.05. The Hall–Kier alpha value is -3.22. The number of nitrogens with one attached hydrogen (secondary N) is 2. The summed E-state index contributed by atoms with van der Waals surface area (Å²) < 4.78 is 12.9. The molecule has 140 valence electrons. The number of hydrogen-bond donors (Lipinski definition) is 2. The van der Waals surface area contributed by atoms with Crippen molar-refractivity contribution in [3.05, 3.63) is 66.0 Å². The molecule has 1 saturated heterocycles. The minimum Gasteiger partial charge on any atom is -0.325 e. The molecular weight excluding hydrogens is 349 g/mol. The van der Waals surface area contributed by atoms with E-state index in [2.05, 4.69) is 10.6 Å². The van der Waals surface area contributed by atoms with Crippen molar-refractivity contribution in [2.75, 3.05) is 11.9 Å². The molecule has 0 radical (unpaired) electrons. The molecule has 1 aliphatic rings. The van der Waals surface area contributed by atoms with E-state index in [9.17, 15) is 18.8 Å². The summed E-state index contributed by atoms with van der Waals surface area (Å²) in [5.41, 5.74) is 0.400. The Morgan fingerprint density at radius 3 is 2.44 bits per heavy atom. The van der Waals surface area contributed by atoms with Gasteiger partial charge in [0.15, 0.2) is 0 Å². The second kappa shape index (κ2) is 7.57. The summed E-state index contributed by atoms with van der Waals surface area (Å²) in [7, 11) is 0. The van der Waals surface area contributed by atoms with Gasteiger partial charge in [-0.3, -0.25) is 14.5 Å². The number of carbonyl (C=O) groups is 3. The third-order valence-corrected chi connectivity index (χ3v) is 4.53. The number of amides is 4. The average molecular weight is 369 g/mol. The molecule has 27 heavy (non-hydrogen) atoms. The third-order valence-electron chi connectivity index (χ3n) is 4.53. The smallest absolute Gasteiger partial charge is 0.325 e. The first-order valence-electron chi connectivity index (χ1n) is 8.61. The van der Waals surface area contributed by atoms with Crippen molar-refractivity contribution in [3.63, 3.8) is 0 Å². The monoisotopic (exact) mass is 369 g/mol. The molecule has 1 fully saturated rings. The fourth-order valence-electron chi connectivity index (χ4n) is 2.98. The van der Waals surface area contributed by atoms with Crippen molar-refractivity contribution in [2.45, 2.75) is 25.3 Å². The van der Waals surface area contributed by atoms with Crippen LogP contribution in [0.3, 0.4) is 0 Å². The summed E-state index contributed by atoms with van der Waals surface area (Å²) in [4.78, 5) is 38.0. The van der Waals surface area contributed by atoms with Crippen LogP contribution in [0.4, 0.5) is 14.9 Å². The third kappa shape index (κ3) is 4.31. The van der Waals surface area contributed by atoms with Crippen LogP contribution in [-0.2, 0) is 16.0 Å². The van der Waals surface area contributed by atoms with Gasteiger partial charge in [-0.05, 0) is 49.6 Å². The Labute approximate surface area is 156 Å². The van der Waals surface area contributed by atoms with Gasteiger partial charge >= 0.3 is 6.03 Å². The van der Waals surface area contributed by atoms with Crippen molar-refractivity contribution in [1.29, 1.82) is 0 Å². The molecule has 3 rings (SSSR count). The van der Waals surface area contributed by atoms with Gasteiger partial charge in [-0.25, -0.2) is 9.18 Å². The van der Waals surface area contributed by atoms with E-state index >= 15 is 0 Å². The van der Waals surface area contributed by atoms with Crippen LogP contribution in [-0.4, -0.2) is 34.8 Å². The topological polar surface area (TPSA) is 78.5 Å². The van der Waals surface area contributed by atoms with Crippen molar-refractivity contribution in [3.8, 4) is 0 Å². The van der Waals surface area contributed by atoms with E-state index in [1.165, 1.54) is 24.3 Å². The minimum atomic E-state index is -1.05. The number of benzene rings is 2. The molecule has 1 atom stereocenters. The van der Waals surface area contributed by atoms with Crippen LogP contribution in [0.1, 0.15) is 18.9 Å². The van der Waals surface area contributed by atoms with Gasteiger partial charge in [0.05, 0.1) is 0 Å². The number of carbonyl (C=O) groups excluding carboxylic acids is 3. The number of halogens is 1. The van der Waals surface area contributed by atoms with Gasteiger partial charge in [0.2, 0.25) is 5.91 Å². The van der Waals surface area contributed by atoms with Crippen molar-refractivity contribution >= 4 is 23.5 Å². The molecular formula is C20H20FN3O3. The highest BCUT2D eigenvalue weighted by atomic mass is 19.1. The van der Waals surface area contributed by atoms with Crippen LogP contribution in [0.15, 0.2) is 54.6 Å². The first-order chi connectivity index (χ1) is 12.9. The Morgan fingerprint density at radius 2 is 1.78 bits per heavy atom. The Balaban J connectivity index is 1.61. The second-order valence-corrected chi connectivity index (χ2v) is 6.69.